The van der Waals surface area contributed by atoms with E-state index >= 15 is 0 Å². The van der Waals surface area contributed by atoms with Gasteiger partial charge in [-0.15, -0.1) is 0 Å². The maximum atomic E-state index is 11.6. The van der Waals surface area contributed by atoms with E-state index in [-0.39, 0.29) is 12.0 Å². The molecule has 106 valence electrons. The highest BCUT2D eigenvalue weighted by Crippen LogP contribution is 2.12. The Kier molecular flexibility index (Phi) is 6.53. The van der Waals surface area contributed by atoms with Crippen molar-refractivity contribution in [1.82, 2.24) is 5.32 Å². The SMILES string of the molecule is COC(=O)C(CC(C)C)NCC(O)c1ccccc1. The Labute approximate surface area is 114 Å². The van der Waals surface area contributed by atoms with Crippen LogP contribution < -0.4 is 5.32 Å². The minimum atomic E-state index is -0.625. The second-order valence-corrected chi connectivity index (χ2v) is 5.04. The van der Waals surface area contributed by atoms with Crippen molar-refractivity contribution in [3.8, 4) is 0 Å². The molecule has 2 atom stereocenters. The number of ether oxygens (including phenoxy) is 1. The van der Waals surface area contributed by atoms with Crippen LogP contribution in [0.4, 0.5) is 0 Å². The van der Waals surface area contributed by atoms with E-state index in [0.29, 0.717) is 18.9 Å². The molecule has 4 heteroatoms. The Balaban J connectivity index is 2.53. The maximum absolute atomic E-state index is 11.6. The number of hydrogen-bond acceptors (Lipinski definition) is 4. The first-order valence-electron chi connectivity index (χ1n) is 6.58. The molecule has 0 saturated carbocycles. The Morgan fingerprint density at radius 1 is 1.32 bits per heavy atom. The van der Waals surface area contributed by atoms with Crippen molar-refractivity contribution in [2.75, 3.05) is 13.7 Å². The van der Waals surface area contributed by atoms with Gasteiger partial charge < -0.3 is 15.2 Å². The first kappa shape index (κ1) is 15.7. The third-order valence-corrected chi connectivity index (χ3v) is 2.93. The minimum absolute atomic E-state index is 0.283. The number of carbonyl (C=O) groups excluding carboxylic acids is 1. The standard InChI is InChI=1S/C15H23NO3/c1-11(2)9-13(15(18)19-3)16-10-14(17)12-7-5-4-6-8-12/h4-8,11,13-14,16-17H,9-10H2,1-3H3. The van der Waals surface area contributed by atoms with Crippen LogP contribution in [0.15, 0.2) is 30.3 Å². The zero-order valence-electron chi connectivity index (χ0n) is 11.8. The smallest absolute Gasteiger partial charge is 0.322 e. The van der Waals surface area contributed by atoms with E-state index in [0.717, 1.165) is 5.56 Å². The van der Waals surface area contributed by atoms with Crippen molar-refractivity contribution in [3.63, 3.8) is 0 Å². The average Bonchev–Trinajstić information content (AvgIpc) is 2.42. The Hall–Kier alpha value is -1.39. The van der Waals surface area contributed by atoms with Crippen LogP contribution in [-0.2, 0) is 9.53 Å². The van der Waals surface area contributed by atoms with Crippen LogP contribution >= 0.6 is 0 Å². The number of esters is 1. The van der Waals surface area contributed by atoms with Crippen LogP contribution in [0.1, 0.15) is 31.9 Å². The summed E-state index contributed by atoms with van der Waals surface area (Å²) in [7, 11) is 1.38. The van der Waals surface area contributed by atoms with E-state index in [4.69, 9.17) is 4.74 Å². The summed E-state index contributed by atoms with van der Waals surface area (Å²) < 4.78 is 4.77. The van der Waals surface area contributed by atoms with Crippen LogP contribution in [0, 0.1) is 5.92 Å². The number of hydrogen-bond donors (Lipinski definition) is 2. The fraction of sp³-hybridized carbons (Fsp3) is 0.533. The van der Waals surface area contributed by atoms with Gasteiger partial charge in [0, 0.05) is 6.54 Å². The summed E-state index contributed by atoms with van der Waals surface area (Å²) >= 11 is 0. The second kappa shape index (κ2) is 7.92. The molecular weight excluding hydrogens is 242 g/mol. The van der Waals surface area contributed by atoms with Crippen LogP contribution in [0.25, 0.3) is 0 Å². The third-order valence-electron chi connectivity index (χ3n) is 2.93. The fourth-order valence-corrected chi connectivity index (χ4v) is 1.92. The summed E-state index contributed by atoms with van der Waals surface area (Å²) in [5, 5.41) is 13.1. The van der Waals surface area contributed by atoms with Crippen molar-refractivity contribution >= 4 is 5.97 Å². The monoisotopic (exact) mass is 265 g/mol. The normalized spacial score (nSPS) is 14.2. The molecule has 4 nitrogen and oxygen atoms in total. The van der Waals surface area contributed by atoms with Crippen LogP contribution in [0.5, 0.6) is 0 Å². The Morgan fingerprint density at radius 3 is 2.47 bits per heavy atom. The summed E-state index contributed by atoms with van der Waals surface area (Å²) in [5.74, 6) is 0.0967. The second-order valence-electron chi connectivity index (χ2n) is 5.04. The van der Waals surface area contributed by atoms with Gasteiger partial charge in [0.2, 0.25) is 0 Å². The van der Waals surface area contributed by atoms with Gasteiger partial charge in [0.15, 0.2) is 0 Å². The lowest BCUT2D eigenvalue weighted by molar-refractivity contribution is -0.143. The summed E-state index contributed by atoms with van der Waals surface area (Å²) in [6.45, 7) is 4.42. The quantitative estimate of drug-likeness (QED) is 0.739. The number of rotatable bonds is 7. The summed E-state index contributed by atoms with van der Waals surface area (Å²) in [4.78, 5) is 11.6. The minimum Gasteiger partial charge on any atom is -0.468 e. The number of nitrogens with one attached hydrogen (secondary N) is 1. The van der Waals surface area contributed by atoms with Gasteiger partial charge in [-0.2, -0.15) is 0 Å². The van der Waals surface area contributed by atoms with Crippen LogP contribution in [0.2, 0.25) is 0 Å². The molecule has 0 bridgehead atoms. The molecule has 0 radical (unpaired) electrons. The molecule has 0 amide bonds. The van der Waals surface area contributed by atoms with E-state index in [1.807, 2.05) is 44.2 Å². The predicted molar refractivity (Wildman–Crippen MR) is 74.7 cm³/mol. The van der Waals surface area contributed by atoms with Gasteiger partial charge in [-0.05, 0) is 17.9 Å². The molecule has 0 saturated heterocycles. The van der Waals surface area contributed by atoms with Gasteiger partial charge in [0.05, 0.1) is 13.2 Å². The molecule has 0 spiro atoms. The lowest BCUT2D eigenvalue weighted by Crippen LogP contribution is -2.40. The Morgan fingerprint density at radius 2 is 1.95 bits per heavy atom. The van der Waals surface area contributed by atoms with Crippen LogP contribution in [-0.4, -0.2) is 30.8 Å². The highest BCUT2D eigenvalue weighted by Gasteiger charge is 2.21. The van der Waals surface area contributed by atoms with Gasteiger partial charge in [0.25, 0.3) is 0 Å². The maximum Gasteiger partial charge on any atom is 0.322 e. The van der Waals surface area contributed by atoms with E-state index in [1.54, 1.807) is 0 Å². The van der Waals surface area contributed by atoms with Crippen LogP contribution in [0.3, 0.4) is 0 Å². The van der Waals surface area contributed by atoms with Gasteiger partial charge in [0.1, 0.15) is 6.04 Å². The molecule has 2 unspecified atom stereocenters. The molecule has 1 aromatic rings. The van der Waals surface area contributed by atoms with Gasteiger partial charge in [-0.25, -0.2) is 0 Å². The van der Waals surface area contributed by atoms with Crippen molar-refractivity contribution in [2.24, 2.45) is 5.92 Å². The van der Waals surface area contributed by atoms with E-state index in [2.05, 4.69) is 5.32 Å². The molecule has 19 heavy (non-hydrogen) atoms. The van der Waals surface area contributed by atoms with Crippen molar-refractivity contribution in [2.45, 2.75) is 32.4 Å². The number of aliphatic hydroxyl groups is 1. The first-order chi connectivity index (χ1) is 9.04. The summed E-state index contributed by atoms with van der Waals surface area (Å²) in [5.41, 5.74) is 0.836. The largest absolute Gasteiger partial charge is 0.468 e. The first-order valence-corrected chi connectivity index (χ1v) is 6.58. The Bertz CT molecular complexity index is 378. The molecule has 2 N–H and O–H groups in total. The van der Waals surface area contributed by atoms with E-state index in [9.17, 15) is 9.90 Å². The molecule has 0 aliphatic rings. The zero-order valence-corrected chi connectivity index (χ0v) is 11.8. The van der Waals surface area contributed by atoms with Gasteiger partial charge in [-0.1, -0.05) is 44.2 Å². The lowest BCUT2D eigenvalue weighted by Gasteiger charge is -2.20. The molecular formula is C15H23NO3. The fourth-order valence-electron chi connectivity index (χ4n) is 1.92. The van der Waals surface area contributed by atoms with E-state index in [1.165, 1.54) is 7.11 Å². The lowest BCUT2D eigenvalue weighted by atomic mass is 10.0. The summed E-state index contributed by atoms with van der Waals surface area (Å²) in [6.07, 6.45) is 0.0642. The highest BCUT2D eigenvalue weighted by atomic mass is 16.5. The molecule has 0 aromatic heterocycles. The molecule has 0 heterocycles. The van der Waals surface area contributed by atoms with Crippen molar-refractivity contribution in [1.29, 1.82) is 0 Å². The molecule has 0 aliphatic heterocycles. The van der Waals surface area contributed by atoms with E-state index < -0.39 is 6.10 Å². The number of methoxy groups -OCH3 is 1. The van der Waals surface area contributed by atoms with Gasteiger partial charge in [-0.3, -0.25) is 4.79 Å². The number of benzene rings is 1. The molecule has 0 aliphatic carbocycles. The predicted octanol–water partition coefficient (Wildman–Crippen LogP) is 1.90. The topological polar surface area (TPSA) is 58.6 Å². The zero-order chi connectivity index (χ0) is 14.3. The number of carbonyl (C=O) groups is 1. The molecule has 1 aromatic carbocycles. The van der Waals surface area contributed by atoms with Gasteiger partial charge >= 0.3 is 5.97 Å². The van der Waals surface area contributed by atoms with Crippen molar-refractivity contribution < 1.29 is 14.6 Å². The van der Waals surface area contributed by atoms with Crippen molar-refractivity contribution in [3.05, 3.63) is 35.9 Å². The molecule has 0 fully saturated rings. The highest BCUT2D eigenvalue weighted by molar-refractivity contribution is 5.75. The number of aliphatic hydroxyl groups excluding tert-OH is 1. The summed E-state index contributed by atoms with van der Waals surface area (Å²) in [6, 6.07) is 9.02. The molecule has 1 rings (SSSR count). The third kappa shape index (κ3) is 5.41. The average molecular weight is 265 g/mol.